The Morgan fingerprint density at radius 1 is 1.53 bits per heavy atom. The highest BCUT2D eigenvalue weighted by atomic mass is 32.2. The Morgan fingerprint density at radius 2 is 2.37 bits per heavy atom. The summed E-state index contributed by atoms with van der Waals surface area (Å²) in [5.74, 6) is 1.33. The van der Waals surface area contributed by atoms with Gasteiger partial charge >= 0.3 is 0 Å². The van der Waals surface area contributed by atoms with Crippen LogP contribution in [0.1, 0.15) is 18.9 Å². The van der Waals surface area contributed by atoms with Gasteiger partial charge in [-0.3, -0.25) is 4.21 Å². The van der Waals surface area contributed by atoms with E-state index < -0.39 is 10.8 Å². The second kappa shape index (κ2) is 7.03. The van der Waals surface area contributed by atoms with Crippen LogP contribution < -0.4 is 10.5 Å². The van der Waals surface area contributed by atoms with Crippen LogP contribution in [0.25, 0.3) is 0 Å². The van der Waals surface area contributed by atoms with Crippen molar-refractivity contribution in [1.29, 1.82) is 0 Å². The molecule has 5 heteroatoms. The van der Waals surface area contributed by atoms with Crippen molar-refractivity contribution < 1.29 is 13.7 Å². The Bertz CT molecular complexity index is 438. The van der Waals surface area contributed by atoms with Crippen LogP contribution in [-0.4, -0.2) is 34.5 Å². The molecule has 2 rings (SSSR count). The lowest BCUT2D eigenvalue weighted by Gasteiger charge is -2.14. The minimum Gasteiger partial charge on any atom is -0.493 e. The highest BCUT2D eigenvalue weighted by Crippen LogP contribution is 2.19. The fraction of sp³-hybridized carbons (Fsp3) is 0.571. The predicted molar refractivity (Wildman–Crippen MR) is 76.7 cm³/mol. The maximum absolute atomic E-state index is 12.1. The molecule has 4 nitrogen and oxygen atoms in total. The van der Waals surface area contributed by atoms with Gasteiger partial charge in [0.15, 0.2) is 0 Å². The van der Waals surface area contributed by atoms with Crippen molar-refractivity contribution in [2.45, 2.75) is 31.2 Å². The number of hydrogen-bond donors (Lipinski definition) is 1. The molecule has 1 heterocycles. The zero-order valence-corrected chi connectivity index (χ0v) is 12.0. The molecule has 0 amide bonds. The normalized spacial score (nSPS) is 24.3. The van der Waals surface area contributed by atoms with E-state index in [0.717, 1.165) is 24.3 Å². The fourth-order valence-corrected chi connectivity index (χ4v) is 3.63. The molecule has 0 aliphatic carbocycles. The minimum absolute atomic E-state index is 0.0985. The van der Waals surface area contributed by atoms with E-state index >= 15 is 0 Å². The number of hydrogen-bond acceptors (Lipinski definition) is 4. The Hall–Kier alpha value is -0.910. The lowest BCUT2D eigenvalue weighted by atomic mass is 10.2. The van der Waals surface area contributed by atoms with Crippen LogP contribution in [0.15, 0.2) is 24.3 Å². The Balaban J connectivity index is 1.78. The first kappa shape index (κ1) is 14.5. The van der Waals surface area contributed by atoms with E-state index in [9.17, 15) is 4.21 Å². The first-order valence-corrected chi connectivity index (χ1v) is 7.99. The highest BCUT2D eigenvalue weighted by Gasteiger charge is 2.29. The molecule has 0 saturated carbocycles. The van der Waals surface area contributed by atoms with Gasteiger partial charge in [0.1, 0.15) is 5.75 Å². The third kappa shape index (κ3) is 4.03. The van der Waals surface area contributed by atoms with Gasteiger partial charge in [-0.1, -0.05) is 12.1 Å². The summed E-state index contributed by atoms with van der Waals surface area (Å²) in [5, 5.41) is 0.152. The van der Waals surface area contributed by atoms with Crippen molar-refractivity contribution in [1.82, 2.24) is 0 Å². The predicted octanol–water partition coefficient (Wildman–Crippen LogP) is 1.45. The molecule has 0 aromatic heterocycles. The topological polar surface area (TPSA) is 61.5 Å². The van der Waals surface area contributed by atoms with Crippen LogP contribution in [-0.2, 0) is 22.1 Å². The van der Waals surface area contributed by atoms with Gasteiger partial charge in [0.2, 0.25) is 0 Å². The molecule has 1 aliphatic heterocycles. The monoisotopic (exact) mass is 283 g/mol. The zero-order chi connectivity index (χ0) is 13.7. The summed E-state index contributed by atoms with van der Waals surface area (Å²) in [6.07, 6.45) is 0.984. The van der Waals surface area contributed by atoms with Gasteiger partial charge in [0.05, 0.1) is 23.7 Å². The first-order chi connectivity index (χ1) is 9.20. The maximum Gasteiger partial charge on any atom is 0.119 e. The summed E-state index contributed by atoms with van der Waals surface area (Å²) in [6, 6.07) is 7.69. The number of rotatable bonds is 6. The van der Waals surface area contributed by atoms with Crippen LogP contribution in [0.2, 0.25) is 0 Å². The summed E-state index contributed by atoms with van der Waals surface area (Å²) in [4.78, 5) is 0. The van der Waals surface area contributed by atoms with Crippen molar-refractivity contribution >= 4 is 10.8 Å². The smallest absolute Gasteiger partial charge is 0.119 e. The molecule has 0 spiro atoms. The maximum atomic E-state index is 12.1. The largest absolute Gasteiger partial charge is 0.493 e. The quantitative estimate of drug-likeness (QED) is 0.858. The lowest BCUT2D eigenvalue weighted by Crippen LogP contribution is -2.26. The molecule has 1 aliphatic rings. The molecule has 2 N–H and O–H groups in total. The van der Waals surface area contributed by atoms with Gasteiger partial charge in [0, 0.05) is 24.0 Å². The van der Waals surface area contributed by atoms with Crippen molar-refractivity contribution in [2.24, 2.45) is 5.73 Å². The van der Waals surface area contributed by atoms with Crippen LogP contribution >= 0.6 is 0 Å². The van der Waals surface area contributed by atoms with Gasteiger partial charge in [-0.15, -0.1) is 0 Å². The van der Waals surface area contributed by atoms with Crippen LogP contribution in [0.3, 0.4) is 0 Å². The number of ether oxygens (including phenoxy) is 2. The average Bonchev–Trinajstić information content (AvgIpc) is 2.85. The molecule has 1 saturated heterocycles. The molecule has 3 unspecified atom stereocenters. The van der Waals surface area contributed by atoms with Gasteiger partial charge in [-0.05, 0) is 31.0 Å². The van der Waals surface area contributed by atoms with Crippen molar-refractivity contribution in [2.75, 3.05) is 19.0 Å². The minimum atomic E-state index is -0.881. The third-order valence-electron chi connectivity index (χ3n) is 3.33. The average molecular weight is 283 g/mol. The van der Waals surface area contributed by atoms with Gasteiger partial charge in [0.25, 0.3) is 0 Å². The van der Waals surface area contributed by atoms with E-state index in [1.54, 1.807) is 0 Å². The van der Waals surface area contributed by atoms with Crippen molar-refractivity contribution in [3.05, 3.63) is 29.8 Å². The summed E-state index contributed by atoms with van der Waals surface area (Å²) >= 11 is 0. The Labute approximate surface area is 116 Å². The number of benzene rings is 1. The van der Waals surface area contributed by atoms with E-state index in [4.69, 9.17) is 15.2 Å². The summed E-state index contributed by atoms with van der Waals surface area (Å²) < 4.78 is 23.2. The summed E-state index contributed by atoms with van der Waals surface area (Å²) in [6.45, 7) is 3.67. The Kier molecular flexibility index (Phi) is 5.36. The molecule has 19 heavy (non-hydrogen) atoms. The van der Waals surface area contributed by atoms with Gasteiger partial charge < -0.3 is 15.2 Å². The van der Waals surface area contributed by atoms with E-state index in [1.807, 2.05) is 31.2 Å². The zero-order valence-electron chi connectivity index (χ0n) is 11.2. The SMILES string of the molecule is CC1OCCC1S(=O)CCOc1cccc(CN)c1. The van der Waals surface area contributed by atoms with Gasteiger partial charge in [-0.25, -0.2) is 0 Å². The van der Waals surface area contributed by atoms with Crippen molar-refractivity contribution in [3.8, 4) is 5.75 Å². The van der Waals surface area contributed by atoms with E-state index in [-0.39, 0.29) is 11.4 Å². The van der Waals surface area contributed by atoms with Crippen LogP contribution in [0.5, 0.6) is 5.75 Å². The molecule has 0 bridgehead atoms. The van der Waals surface area contributed by atoms with Crippen LogP contribution in [0.4, 0.5) is 0 Å². The summed E-state index contributed by atoms with van der Waals surface area (Å²) in [5.41, 5.74) is 6.61. The first-order valence-electron chi connectivity index (χ1n) is 6.61. The molecule has 0 radical (unpaired) electrons. The fourth-order valence-electron chi connectivity index (χ4n) is 2.21. The van der Waals surface area contributed by atoms with Crippen LogP contribution in [0, 0.1) is 0 Å². The standard InChI is InChI=1S/C14H21NO3S/c1-11-14(5-6-17-11)19(16)8-7-18-13-4-2-3-12(9-13)10-15/h2-4,9,11,14H,5-8,10,15H2,1H3. The second-order valence-corrected chi connectivity index (χ2v) is 6.46. The molecule has 1 fully saturated rings. The van der Waals surface area contributed by atoms with E-state index in [1.165, 1.54) is 0 Å². The lowest BCUT2D eigenvalue weighted by molar-refractivity contribution is 0.127. The van der Waals surface area contributed by atoms with Gasteiger partial charge in [-0.2, -0.15) is 0 Å². The molecular formula is C14H21NO3S. The molecule has 3 atom stereocenters. The van der Waals surface area contributed by atoms with E-state index in [2.05, 4.69) is 0 Å². The third-order valence-corrected chi connectivity index (χ3v) is 5.20. The summed E-state index contributed by atoms with van der Waals surface area (Å²) in [7, 11) is -0.881. The number of nitrogens with two attached hydrogens (primary N) is 1. The second-order valence-electron chi connectivity index (χ2n) is 4.69. The van der Waals surface area contributed by atoms with E-state index in [0.29, 0.717) is 18.9 Å². The molecule has 106 valence electrons. The molecule has 1 aromatic carbocycles. The van der Waals surface area contributed by atoms with Crippen molar-refractivity contribution in [3.63, 3.8) is 0 Å². The molecule has 1 aromatic rings. The highest BCUT2D eigenvalue weighted by molar-refractivity contribution is 7.85. The molecular weight excluding hydrogens is 262 g/mol. The Morgan fingerprint density at radius 3 is 3.05 bits per heavy atom.